The molecule has 6 nitrogen and oxygen atoms in total. The van der Waals surface area contributed by atoms with Gasteiger partial charge in [0.1, 0.15) is 0 Å². The van der Waals surface area contributed by atoms with Crippen molar-refractivity contribution in [1.82, 2.24) is 15.1 Å². The number of hydrogen-bond donors (Lipinski definition) is 2. The van der Waals surface area contributed by atoms with Crippen LogP contribution in [-0.4, -0.2) is 48.9 Å². The minimum Gasteiger partial charge on any atom is -0.385 e. The number of anilines is 1. The van der Waals surface area contributed by atoms with Crippen molar-refractivity contribution >= 4 is 23.0 Å². The molecule has 0 bridgehead atoms. The SMILES string of the molecule is COCCCNC(=S)Nc1cnn(CCOC)c1. The van der Waals surface area contributed by atoms with E-state index in [1.165, 1.54) is 0 Å². The molecule has 0 aliphatic rings. The molecule has 0 aliphatic carbocycles. The molecular formula is C11H20N4O2S. The molecule has 18 heavy (non-hydrogen) atoms. The van der Waals surface area contributed by atoms with Gasteiger partial charge in [-0.2, -0.15) is 5.10 Å². The molecule has 0 aliphatic heterocycles. The first-order chi connectivity index (χ1) is 8.76. The van der Waals surface area contributed by atoms with Crippen LogP contribution in [0.2, 0.25) is 0 Å². The lowest BCUT2D eigenvalue weighted by molar-refractivity contribution is 0.183. The molecule has 0 atom stereocenters. The second kappa shape index (κ2) is 8.84. The molecular weight excluding hydrogens is 252 g/mol. The Balaban J connectivity index is 2.24. The molecule has 1 heterocycles. The third-order valence-electron chi connectivity index (χ3n) is 2.23. The predicted octanol–water partition coefficient (Wildman–Crippen LogP) is 0.852. The smallest absolute Gasteiger partial charge is 0.170 e. The largest absolute Gasteiger partial charge is 0.385 e. The summed E-state index contributed by atoms with van der Waals surface area (Å²) in [6.45, 7) is 2.88. The first-order valence-electron chi connectivity index (χ1n) is 5.81. The molecule has 1 aromatic heterocycles. The first-order valence-corrected chi connectivity index (χ1v) is 6.22. The molecule has 0 aromatic carbocycles. The summed E-state index contributed by atoms with van der Waals surface area (Å²) in [5.41, 5.74) is 0.871. The van der Waals surface area contributed by atoms with Crippen molar-refractivity contribution in [3.05, 3.63) is 12.4 Å². The molecule has 2 N–H and O–H groups in total. The number of rotatable bonds is 8. The van der Waals surface area contributed by atoms with E-state index in [1.54, 1.807) is 25.1 Å². The van der Waals surface area contributed by atoms with Gasteiger partial charge >= 0.3 is 0 Å². The summed E-state index contributed by atoms with van der Waals surface area (Å²) in [6, 6.07) is 0. The maximum atomic E-state index is 5.16. The normalized spacial score (nSPS) is 10.3. The monoisotopic (exact) mass is 272 g/mol. The fourth-order valence-electron chi connectivity index (χ4n) is 1.33. The zero-order valence-electron chi connectivity index (χ0n) is 10.8. The van der Waals surface area contributed by atoms with Crippen molar-refractivity contribution in [2.75, 3.05) is 39.3 Å². The Bertz CT molecular complexity index is 357. The van der Waals surface area contributed by atoms with Gasteiger partial charge in [-0.3, -0.25) is 4.68 Å². The molecule has 7 heteroatoms. The number of aromatic nitrogens is 2. The second-order valence-electron chi connectivity index (χ2n) is 3.71. The highest BCUT2D eigenvalue weighted by molar-refractivity contribution is 7.80. The number of nitrogens with one attached hydrogen (secondary N) is 2. The zero-order chi connectivity index (χ0) is 13.2. The number of thiocarbonyl (C=S) groups is 1. The van der Waals surface area contributed by atoms with Gasteiger partial charge in [0, 0.05) is 33.6 Å². The van der Waals surface area contributed by atoms with Crippen LogP contribution in [0.5, 0.6) is 0 Å². The summed E-state index contributed by atoms with van der Waals surface area (Å²) in [4.78, 5) is 0. The maximum Gasteiger partial charge on any atom is 0.170 e. The van der Waals surface area contributed by atoms with Gasteiger partial charge in [-0.15, -0.1) is 0 Å². The number of ether oxygens (including phenoxy) is 2. The highest BCUT2D eigenvalue weighted by atomic mass is 32.1. The van der Waals surface area contributed by atoms with Crippen molar-refractivity contribution in [2.45, 2.75) is 13.0 Å². The van der Waals surface area contributed by atoms with Gasteiger partial charge in [-0.1, -0.05) is 0 Å². The lowest BCUT2D eigenvalue weighted by Gasteiger charge is -2.08. The average Bonchev–Trinajstić information content (AvgIpc) is 2.80. The molecule has 0 unspecified atom stereocenters. The zero-order valence-corrected chi connectivity index (χ0v) is 11.6. The van der Waals surface area contributed by atoms with Crippen molar-refractivity contribution < 1.29 is 9.47 Å². The third kappa shape index (κ3) is 5.95. The van der Waals surface area contributed by atoms with Crippen LogP contribution < -0.4 is 10.6 Å². The van der Waals surface area contributed by atoms with Crippen LogP contribution in [-0.2, 0) is 16.0 Å². The Morgan fingerprint density at radius 1 is 1.39 bits per heavy atom. The first kappa shape index (κ1) is 14.9. The van der Waals surface area contributed by atoms with Gasteiger partial charge in [-0.05, 0) is 18.6 Å². The quantitative estimate of drug-likeness (QED) is 0.540. The van der Waals surface area contributed by atoms with Crippen molar-refractivity contribution in [1.29, 1.82) is 0 Å². The van der Waals surface area contributed by atoms with Gasteiger partial charge in [-0.25, -0.2) is 0 Å². The molecule has 0 spiro atoms. The van der Waals surface area contributed by atoms with Gasteiger partial charge in [0.15, 0.2) is 5.11 Å². The fraction of sp³-hybridized carbons (Fsp3) is 0.636. The van der Waals surface area contributed by atoms with Crippen LogP contribution in [0.15, 0.2) is 12.4 Å². The van der Waals surface area contributed by atoms with E-state index in [9.17, 15) is 0 Å². The van der Waals surface area contributed by atoms with Crippen LogP contribution >= 0.6 is 12.2 Å². The Kier molecular flexibility index (Phi) is 7.31. The highest BCUT2D eigenvalue weighted by Crippen LogP contribution is 2.04. The minimum atomic E-state index is 0.595. The van der Waals surface area contributed by atoms with Crippen molar-refractivity contribution in [3.8, 4) is 0 Å². The summed E-state index contributed by atoms with van der Waals surface area (Å²) in [5.74, 6) is 0. The topological polar surface area (TPSA) is 60.3 Å². The van der Waals surface area contributed by atoms with Gasteiger partial charge < -0.3 is 20.1 Å². The van der Waals surface area contributed by atoms with Crippen molar-refractivity contribution in [3.63, 3.8) is 0 Å². The minimum absolute atomic E-state index is 0.595. The molecule has 1 aromatic rings. The average molecular weight is 272 g/mol. The fourth-order valence-corrected chi connectivity index (χ4v) is 1.55. The molecule has 0 fully saturated rings. The van der Waals surface area contributed by atoms with E-state index in [4.69, 9.17) is 21.7 Å². The van der Waals surface area contributed by atoms with Gasteiger partial charge in [0.25, 0.3) is 0 Å². The summed E-state index contributed by atoms with van der Waals surface area (Å²) in [6.07, 6.45) is 4.55. The van der Waals surface area contributed by atoms with Crippen molar-refractivity contribution in [2.24, 2.45) is 0 Å². The summed E-state index contributed by atoms with van der Waals surface area (Å²) >= 11 is 5.16. The molecule has 1 rings (SSSR count). The Morgan fingerprint density at radius 3 is 2.89 bits per heavy atom. The molecule has 0 saturated carbocycles. The predicted molar refractivity (Wildman–Crippen MR) is 74.8 cm³/mol. The maximum absolute atomic E-state index is 5.16. The molecule has 0 amide bonds. The summed E-state index contributed by atoms with van der Waals surface area (Å²) in [7, 11) is 3.35. The highest BCUT2D eigenvalue weighted by Gasteiger charge is 2.00. The lowest BCUT2D eigenvalue weighted by Crippen LogP contribution is -2.29. The standard InChI is InChI=1S/C11H20N4O2S/c1-16-6-3-4-12-11(18)14-10-8-13-15(9-10)5-7-17-2/h8-9H,3-7H2,1-2H3,(H2,12,14,18). The van der Waals surface area contributed by atoms with Crippen LogP contribution in [0.1, 0.15) is 6.42 Å². The Labute approximate surface area is 113 Å². The lowest BCUT2D eigenvalue weighted by atomic mass is 10.4. The van der Waals surface area contributed by atoms with E-state index >= 15 is 0 Å². The Hall–Kier alpha value is -1.18. The Morgan fingerprint density at radius 2 is 2.17 bits per heavy atom. The van der Waals surface area contributed by atoms with Crippen LogP contribution in [0, 0.1) is 0 Å². The number of methoxy groups -OCH3 is 2. The second-order valence-corrected chi connectivity index (χ2v) is 4.12. The third-order valence-corrected chi connectivity index (χ3v) is 2.47. The van der Waals surface area contributed by atoms with E-state index in [2.05, 4.69) is 15.7 Å². The van der Waals surface area contributed by atoms with E-state index in [-0.39, 0.29) is 0 Å². The number of hydrogen-bond acceptors (Lipinski definition) is 4. The number of nitrogens with zero attached hydrogens (tertiary/aromatic N) is 2. The summed E-state index contributed by atoms with van der Waals surface area (Å²) in [5, 5.41) is 10.9. The molecule has 102 valence electrons. The van der Waals surface area contributed by atoms with E-state index in [1.807, 2.05) is 6.20 Å². The van der Waals surface area contributed by atoms with Gasteiger partial charge in [0.2, 0.25) is 0 Å². The van der Waals surface area contributed by atoms with Crippen LogP contribution in [0.3, 0.4) is 0 Å². The van der Waals surface area contributed by atoms with E-state index in [0.717, 1.165) is 31.8 Å². The molecule has 0 radical (unpaired) electrons. The summed E-state index contributed by atoms with van der Waals surface area (Å²) < 4.78 is 11.7. The van der Waals surface area contributed by atoms with E-state index < -0.39 is 0 Å². The van der Waals surface area contributed by atoms with Gasteiger partial charge in [0.05, 0.1) is 25.0 Å². The van der Waals surface area contributed by atoms with Crippen LogP contribution in [0.25, 0.3) is 0 Å². The van der Waals surface area contributed by atoms with Crippen LogP contribution in [0.4, 0.5) is 5.69 Å². The molecule has 0 saturated heterocycles. The van der Waals surface area contributed by atoms with E-state index in [0.29, 0.717) is 11.7 Å².